The molecule has 6 nitrogen and oxygen atoms in total. The first-order valence-corrected chi connectivity index (χ1v) is 8.11. The first-order chi connectivity index (χ1) is 12.3. The number of hydrogen-bond acceptors (Lipinski definition) is 5. The lowest BCUT2D eigenvalue weighted by Gasteiger charge is -2.13. The van der Waals surface area contributed by atoms with Gasteiger partial charge in [0.25, 0.3) is 0 Å². The third-order valence-electron chi connectivity index (χ3n) is 3.93. The molecule has 0 aliphatic heterocycles. The summed E-state index contributed by atoms with van der Waals surface area (Å²) < 4.78 is 15.5. The molecule has 1 heterocycles. The van der Waals surface area contributed by atoms with Gasteiger partial charge in [-0.25, -0.2) is 4.79 Å². The second-order valence-electron chi connectivity index (χ2n) is 5.95. The lowest BCUT2D eigenvalue weighted by atomic mass is 10.1. The molecule has 0 aliphatic carbocycles. The highest BCUT2D eigenvalue weighted by atomic mass is 16.5. The summed E-state index contributed by atoms with van der Waals surface area (Å²) in [5, 5.41) is 0. The smallest absolute Gasteiger partial charge is 0.341 e. The van der Waals surface area contributed by atoms with Crippen LogP contribution in [0.1, 0.15) is 33.0 Å². The van der Waals surface area contributed by atoms with Crippen molar-refractivity contribution in [3.63, 3.8) is 0 Å². The Morgan fingerprint density at radius 3 is 2.58 bits per heavy atom. The Balaban J connectivity index is 2.08. The first kappa shape index (κ1) is 19.3. The van der Waals surface area contributed by atoms with Gasteiger partial charge in [-0.15, -0.1) is 0 Å². The molecule has 26 heavy (non-hydrogen) atoms. The fraction of sp³-hybridized carbons (Fsp3) is 0.300. The van der Waals surface area contributed by atoms with E-state index in [1.807, 2.05) is 25.1 Å². The Bertz CT molecular complexity index is 835. The van der Waals surface area contributed by atoms with Gasteiger partial charge in [-0.3, -0.25) is 4.79 Å². The average Bonchev–Trinajstić information content (AvgIpc) is 2.99. The molecule has 0 radical (unpaired) electrons. The van der Waals surface area contributed by atoms with Crippen molar-refractivity contribution < 1.29 is 23.5 Å². The van der Waals surface area contributed by atoms with Crippen molar-refractivity contribution in [1.82, 2.24) is 4.90 Å². The molecule has 2 rings (SSSR count). The molecule has 0 unspecified atom stereocenters. The molecule has 2 aromatic rings. The average molecular weight is 357 g/mol. The van der Waals surface area contributed by atoms with Crippen molar-refractivity contribution in [3.8, 4) is 5.75 Å². The topological polar surface area (TPSA) is 69.0 Å². The van der Waals surface area contributed by atoms with E-state index in [2.05, 4.69) is 0 Å². The number of methoxy groups -OCH3 is 2. The summed E-state index contributed by atoms with van der Waals surface area (Å²) in [6.45, 7) is 3.90. The lowest BCUT2D eigenvalue weighted by Crippen LogP contribution is -2.23. The van der Waals surface area contributed by atoms with E-state index < -0.39 is 5.97 Å². The van der Waals surface area contributed by atoms with Gasteiger partial charge in [0.1, 0.15) is 22.8 Å². The van der Waals surface area contributed by atoms with Gasteiger partial charge in [-0.1, -0.05) is 11.6 Å². The van der Waals surface area contributed by atoms with Crippen LogP contribution < -0.4 is 4.74 Å². The van der Waals surface area contributed by atoms with Gasteiger partial charge in [0, 0.05) is 18.7 Å². The first-order valence-electron chi connectivity index (χ1n) is 8.11. The zero-order valence-electron chi connectivity index (χ0n) is 15.7. The summed E-state index contributed by atoms with van der Waals surface area (Å²) in [7, 11) is 4.57. The summed E-state index contributed by atoms with van der Waals surface area (Å²) in [5.74, 6) is 1.03. The summed E-state index contributed by atoms with van der Waals surface area (Å²) in [5.41, 5.74) is 2.27. The van der Waals surface area contributed by atoms with Crippen molar-refractivity contribution in [2.45, 2.75) is 20.4 Å². The number of hydrogen-bond donors (Lipinski definition) is 0. The van der Waals surface area contributed by atoms with E-state index >= 15 is 0 Å². The van der Waals surface area contributed by atoms with Gasteiger partial charge in [-0.2, -0.15) is 0 Å². The molecule has 1 aromatic heterocycles. The number of nitrogens with zero attached hydrogens (tertiary/aromatic N) is 1. The predicted octanol–water partition coefficient (Wildman–Crippen LogP) is 3.36. The maximum absolute atomic E-state index is 12.4. The van der Waals surface area contributed by atoms with Gasteiger partial charge < -0.3 is 18.8 Å². The summed E-state index contributed by atoms with van der Waals surface area (Å²) in [6, 6.07) is 7.35. The van der Waals surface area contributed by atoms with Crippen LogP contribution in [0.15, 0.2) is 34.8 Å². The van der Waals surface area contributed by atoms with E-state index in [1.54, 1.807) is 33.2 Å². The highest BCUT2D eigenvalue weighted by Gasteiger charge is 2.17. The van der Waals surface area contributed by atoms with Gasteiger partial charge in [0.05, 0.1) is 20.8 Å². The van der Waals surface area contributed by atoms with Crippen molar-refractivity contribution >= 4 is 18.0 Å². The van der Waals surface area contributed by atoms with E-state index in [1.165, 1.54) is 18.1 Å². The summed E-state index contributed by atoms with van der Waals surface area (Å²) in [6.07, 6.45) is 3.20. The number of likely N-dealkylation sites (N-methyl/N-ethyl adjacent to an activating group) is 1. The highest BCUT2D eigenvalue weighted by Crippen LogP contribution is 2.21. The van der Waals surface area contributed by atoms with Crippen LogP contribution >= 0.6 is 0 Å². The minimum Gasteiger partial charge on any atom is -0.496 e. The number of benzene rings is 1. The maximum atomic E-state index is 12.4. The van der Waals surface area contributed by atoms with E-state index in [0.29, 0.717) is 22.8 Å². The number of rotatable bonds is 6. The van der Waals surface area contributed by atoms with Crippen molar-refractivity contribution in [2.24, 2.45) is 0 Å². The zero-order valence-corrected chi connectivity index (χ0v) is 15.7. The quantitative estimate of drug-likeness (QED) is 0.586. The van der Waals surface area contributed by atoms with Crippen molar-refractivity contribution in [1.29, 1.82) is 0 Å². The Kier molecular flexibility index (Phi) is 6.22. The molecule has 0 spiro atoms. The molecule has 0 atom stereocenters. The van der Waals surface area contributed by atoms with Crippen LogP contribution in [0.5, 0.6) is 5.75 Å². The number of ether oxygens (including phenoxy) is 2. The number of aryl methyl sites for hydroxylation is 2. The minimum atomic E-state index is -0.460. The van der Waals surface area contributed by atoms with Gasteiger partial charge >= 0.3 is 5.97 Å². The van der Waals surface area contributed by atoms with Crippen LogP contribution in [0.4, 0.5) is 0 Å². The fourth-order valence-corrected chi connectivity index (χ4v) is 2.52. The van der Waals surface area contributed by atoms with Crippen molar-refractivity contribution in [2.75, 3.05) is 21.3 Å². The summed E-state index contributed by atoms with van der Waals surface area (Å²) in [4.78, 5) is 25.5. The minimum absolute atomic E-state index is 0.192. The molecule has 6 heteroatoms. The Hall–Kier alpha value is -3.02. The second kappa shape index (κ2) is 8.38. The van der Waals surface area contributed by atoms with E-state index in [9.17, 15) is 9.59 Å². The van der Waals surface area contributed by atoms with Crippen LogP contribution in [0.3, 0.4) is 0 Å². The molecule has 0 aliphatic rings. The van der Waals surface area contributed by atoms with Crippen LogP contribution in [0, 0.1) is 13.8 Å². The third-order valence-corrected chi connectivity index (χ3v) is 3.93. The molecule has 138 valence electrons. The number of amides is 1. The van der Waals surface area contributed by atoms with E-state index in [-0.39, 0.29) is 12.5 Å². The number of carbonyl (C=O) groups is 2. The second-order valence-corrected chi connectivity index (χ2v) is 5.95. The molecular weight excluding hydrogens is 334 g/mol. The largest absolute Gasteiger partial charge is 0.496 e. The van der Waals surface area contributed by atoms with Gasteiger partial charge in [-0.05, 0) is 38.1 Å². The molecule has 1 aromatic carbocycles. The zero-order chi connectivity index (χ0) is 19.3. The Labute approximate surface area is 153 Å². The van der Waals surface area contributed by atoms with Gasteiger partial charge in [0.2, 0.25) is 5.91 Å². The molecule has 0 N–H and O–H groups in total. The van der Waals surface area contributed by atoms with Crippen LogP contribution in [0.2, 0.25) is 0 Å². The normalized spacial score (nSPS) is 10.8. The van der Waals surface area contributed by atoms with Crippen LogP contribution in [0.25, 0.3) is 6.08 Å². The fourth-order valence-electron chi connectivity index (χ4n) is 2.52. The third kappa shape index (κ3) is 4.53. The Morgan fingerprint density at radius 2 is 1.92 bits per heavy atom. The van der Waals surface area contributed by atoms with E-state index in [4.69, 9.17) is 13.9 Å². The lowest BCUT2D eigenvalue weighted by molar-refractivity contribution is -0.125. The number of esters is 1. The standard InChI is InChI=1S/C20H23NO5/c1-13-6-8-18(24-4)15(10-13)7-9-19(22)21(3)12-16-11-17(14(2)26-16)20(23)25-5/h6-11H,12H2,1-5H3/b9-7+. The van der Waals surface area contributed by atoms with Crippen LogP contribution in [-0.4, -0.2) is 38.0 Å². The summed E-state index contributed by atoms with van der Waals surface area (Å²) >= 11 is 0. The Morgan fingerprint density at radius 1 is 1.19 bits per heavy atom. The predicted molar refractivity (Wildman–Crippen MR) is 98.0 cm³/mol. The molecule has 1 amide bonds. The van der Waals surface area contributed by atoms with Crippen LogP contribution in [-0.2, 0) is 16.1 Å². The highest BCUT2D eigenvalue weighted by molar-refractivity contribution is 5.92. The van der Waals surface area contributed by atoms with E-state index in [0.717, 1.165) is 11.1 Å². The molecule has 0 saturated carbocycles. The molecule has 0 saturated heterocycles. The number of furan rings is 1. The monoisotopic (exact) mass is 357 g/mol. The van der Waals surface area contributed by atoms with Gasteiger partial charge in [0.15, 0.2) is 0 Å². The molecule has 0 bridgehead atoms. The van der Waals surface area contributed by atoms with Crippen molar-refractivity contribution in [3.05, 3.63) is 58.6 Å². The molecule has 0 fully saturated rings. The maximum Gasteiger partial charge on any atom is 0.341 e. The SMILES string of the molecule is COC(=O)c1cc(CN(C)C(=O)/C=C/c2cc(C)ccc2OC)oc1C. The number of carbonyl (C=O) groups excluding carboxylic acids is 2. The molecular formula is C20H23NO5.